The monoisotopic (exact) mass is 388 g/mol. The van der Waals surface area contributed by atoms with Crippen LogP contribution in [0.5, 0.6) is 5.75 Å². The Labute approximate surface area is 168 Å². The quantitative estimate of drug-likeness (QED) is 0.362. The summed E-state index contributed by atoms with van der Waals surface area (Å²) in [5, 5.41) is 0. The molecule has 0 unspecified atom stereocenters. The minimum Gasteiger partial charge on any atom is -0.491 e. The van der Waals surface area contributed by atoms with E-state index in [9.17, 15) is 9.59 Å². The van der Waals surface area contributed by atoms with Crippen molar-refractivity contribution in [1.82, 2.24) is 0 Å². The van der Waals surface area contributed by atoms with Gasteiger partial charge in [0.25, 0.3) is 0 Å². The standard InChI is InChI=1S/C23H32O5/c1-23(2,3)10-9-19-20(24)15-17(16-21(19)25)18-7-5-6-8-22(18)28-14-13-27-12-11-26-4/h5-9,17H,10-16H2,1-4H3. The first-order chi connectivity index (χ1) is 13.3. The molecule has 0 spiro atoms. The second-order valence-corrected chi connectivity index (χ2v) is 8.33. The molecule has 1 aliphatic carbocycles. The van der Waals surface area contributed by atoms with Crippen molar-refractivity contribution < 1.29 is 23.8 Å². The Hall–Kier alpha value is -1.98. The summed E-state index contributed by atoms with van der Waals surface area (Å²) in [7, 11) is 1.63. The van der Waals surface area contributed by atoms with E-state index in [2.05, 4.69) is 20.8 Å². The number of methoxy groups -OCH3 is 1. The van der Waals surface area contributed by atoms with Crippen molar-refractivity contribution in [3.63, 3.8) is 0 Å². The van der Waals surface area contributed by atoms with Gasteiger partial charge in [0.2, 0.25) is 0 Å². The van der Waals surface area contributed by atoms with Gasteiger partial charge >= 0.3 is 0 Å². The molecule has 28 heavy (non-hydrogen) atoms. The molecule has 0 radical (unpaired) electrons. The van der Waals surface area contributed by atoms with Gasteiger partial charge in [0.15, 0.2) is 11.6 Å². The van der Waals surface area contributed by atoms with Crippen LogP contribution in [0, 0.1) is 5.41 Å². The topological polar surface area (TPSA) is 61.8 Å². The Bertz CT molecular complexity index is 679. The first-order valence-corrected chi connectivity index (χ1v) is 9.87. The van der Waals surface area contributed by atoms with Crippen molar-refractivity contribution in [2.45, 2.75) is 46.0 Å². The van der Waals surface area contributed by atoms with Gasteiger partial charge < -0.3 is 14.2 Å². The number of carbonyl (C=O) groups excluding carboxylic acids is 2. The maximum Gasteiger partial charge on any atom is 0.166 e. The Balaban J connectivity index is 2.01. The maximum absolute atomic E-state index is 12.6. The van der Waals surface area contributed by atoms with Crippen LogP contribution in [0.3, 0.4) is 0 Å². The average molecular weight is 389 g/mol. The minimum absolute atomic E-state index is 0.0518. The molecular weight excluding hydrogens is 356 g/mol. The average Bonchev–Trinajstić information content (AvgIpc) is 2.63. The van der Waals surface area contributed by atoms with Crippen molar-refractivity contribution in [3.05, 3.63) is 41.5 Å². The molecule has 0 saturated heterocycles. The molecule has 1 aromatic carbocycles. The zero-order valence-electron chi connectivity index (χ0n) is 17.5. The summed E-state index contributed by atoms with van der Waals surface area (Å²) >= 11 is 0. The van der Waals surface area contributed by atoms with E-state index in [0.717, 1.165) is 5.56 Å². The predicted octanol–water partition coefficient (Wildman–Crippen LogP) is 4.11. The number of ether oxygens (including phenoxy) is 3. The van der Waals surface area contributed by atoms with Crippen LogP contribution in [0.2, 0.25) is 0 Å². The summed E-state index contributed by atoms with van der Waals surface area (Å²) in [4.78, 5) is 25.2. The van der Waals surface area contributed by atoms with E-state index in [4.69, 9.17) is 14.2 Å². The van der Waals surface area contributed by atoms with Crippen LogP contribution in [-0.2, 0) is 19.1 Å². The molecule has 5 heteroatoms. The van der Waals surface area contributed by atoms with Crippen molar-refractivity contribution in [1.29, 1.82) is 0 Å². The number of hydrogen-bond donors (Lipinski definition) is 0. The molecule has 2 rings (SSSR count). The highest BCUT2D eigenvalue weighted by Crippen LogP contribution is 2.37. The highest BCUT2D eigenvalue weighted by atomic mass is 16.5. The van der Waals surface area contributed by atoms with E-state index in [1.807, 2.05) is 30.3 Å². The fourth-order valence-corrected chi connectivity index (χ4v) is 3.16. The highest BCUT2D eigenvalue weighted by molar-refractivity contribution is 6.22. The minimum atomic E-state index is -0.141. The highest BCUT2D eigenvalue weighted by Gasteiger charge is 2.32. The van der Waals surface area contributed by atoms with Gasteiger partial charge in [0.05, 0.1) is 25.4 Å². The number of carbonyl (C=O) groups is 2. The molecule has 1 aliphatic rings. The first kappa shape index (κ1) is 22.3. The number of para-hydroxylation sites is 1. The van der Waals surface area contributed by atoms with Gasteiger partial charge in [-0.25, -0.2) is 0 Å². The molecule has 0 heterocycles. The van der Waals surface area contributed by atoms with E-state index < -0.39 is 0 Å². The van der Waals surface area contributed by atoms with Gasteiger partial charge in [-0.3, -0.25) is 9.59 Å². The normalized spacial score (nSPS) is 17.7. The number of benzene rings is 1. The fraction of sp³-hybridized carbons (Fsp3) is 0.565. The van der Waals surface area contributed by atoms with Crippen LogP contribution in [0.25, 0.3) is 0 Å². The van der Waals surface area contributed by atoms with Crippen molar-refractivity contribution in [3.8, 4) is 5.75 Å². The zero-order valence-corrected chi connectivity index (χ0v) is 17.5. The van der Waals surface area contributed by atoms with Crippen LogP contribution in [-0.4, -0.2) is 45.1 Å². The van der Waals surface area contributed by atoms with E-state index in [0.29, 0.717) is 57.0 Å². The molecule has 0 amide bonds. The SMILES string of the molecule is COCCOCCOc1ccccc1C1CC(=O)C(=CCC(C)(C)C)C(=O)C1. The number of Topliss-reactive ketones (excluding diaryl/α,β-unsaturated/α-hetero) is 2. The van der Waals surface area contributed by atoms with Crippen LogP contribution < -0.4 is 4.74 Å². The lowest BCUT2D eigenvalue weighted by molar-refractivity contribution is -0.124. The van der Waals surface area contributed by atoms with Crippen molar-refractivity contribution >= 4 is 11.6 Å². The van der Waals surface area contributed by atoms with Gasteiger partial charge in [-0.1, -0.05) is 45.0 Å². The summed E-state index contributed by atoms with van der Waals surface area (Å²) in [5.74, 6) is 0.439. The first-order valence-electron chi connectivity index (χ1n) is 9.87. The molecule has 5 nitrogen and oxygen atoms in total. The number of ketones is 2. The molecule has 0 N–H and O–H groups in total. The second kappa shape index (κ2) is 10.5. The molecule has 0 atom stereocenters. The third-order valence-corrected chi connectivity index (χ3v) is 4.66. The van der Waals surface area contributed by atoms with Gasteiger partial charge in [0.1, 0.15) is 12.4 Å². The van der Waals surface area contributed by atoms with Gasteiger partial charge in [0, 0.05) is 25.9 Å². The summed E-state index contributed by atoms with van der Waals surface area (Å²) in [6.45, 7) is 8.22. The van der Waals surface area contributed by atoms with Crippen molar-refractivity contribution in [2.75, 3.05) is 33.5 Å². The third-order valence-electron chi connectivity index (χ3n) is 4.66. The van der Waals surface area contributed by atoms with Gasteiger partial charge in [-0.2, -0.15) is 0 Å². The zero-order chi connectivity index (χ0) is 20.6. The van der Waals surface area contributed by atoms with Crippen LogP contribution in [0.15, 0.2) is 35.9 Å². The lowest BCUT2D eigenvalue weighted by atomic mass is 9.78. The van der Waals surface area contributed by atoms with Gasteiger partial charge in [-0.15, -0.1) is 0 Å². The molecule has 0 bridgehead atoms. The Morgan fingerprint density at radius 1 is 1.00 bits per heavy atom. The lowest BCUT2D eigenvalue weighted by Crippen LogP contribution is -2.25. The molecule has 0 aromatic heterocycles. The Morgan fingerprint density at radius 2 is 1.64 bits per heavy atom. The smallest absolute Gasteiger partial charge is 0.166 e. The Kier molecular flexibility index (Phi) is 8.39. The van der Waals surface area contributed by atoms with E-state index in [1.165, 1.54) is 0 Å². The Morgan fingerprint density at radius 3 is 2.29 bits per heavy atom. The second-order valence-electron chi connectivity index (χ2n) is 8.33. The van der Waals surface area contributed by atoms with Crippen LogP contribution in [0.1, 0.15) is 51.5 Å². The number of hydrogen-bond acceptors (Lipinski definition) is 5. The number of allylic oxidation sites excluding steroid dienone is 2. The third kappa shape index (κ3) is 6.88. The fourth-order valence-electron chi connectivity index (χ4n) is 3.16. The van der Waals surface area contributed by atoms with Gasteiger partial charge in [-0.05, 0) is 23.5 Å². The lowest BCUT2D eigenvalue weighted by Gasteiger charge is -2.25. The predicted molar refractivity (Wildman–Crippen MR) is 109 cm³/mol. The van der Waals surface area contributed by atoms with E-state index in [-0.39, 0.29) is 22.9 Å². The summed E-state index contributed by atoms with van der Waals surface area (Å²) in [6.07, 6.45) is 3.22. The van der Waals surface area contributed by atoms with Crippen molar-refractivity contribution in [2.24, 2.45) is 5.41 Å². The molecule has 154 valence electrons. The van der Waals surface area contributed by atoms with Crippen LogP contribution in [0.4, 0.5) is 0 Å². The van der Waals surface area contributed by atoms with E-state index >= 15 is 0 Å². The molecule has 1 saturated carbocycles. The molecule has 0 aliphatic heterocycles. The summed E-state index contributed by atoms with van der Waals surface area (Å²) < 4.78 is 16.2. The maximum atomic E-state index is 12.6. The van der Waals surface area contributed by atoms with E-state index in [1.54, 1.807) is 7.11 Å². The number of rotatable bonds is 9. The molecule has 1 fully saturated rings. The molecular formula is C23H32O5. The molecule has 1 aromatic rings. The summed E-state index contributed by atoms with van der Waals surface area (Å²) in [5.41, 5.74) is 1.34. The summed E-state index contributed by atoms with van der Waals surface area (Å²) in [6, 6.07) is 7.63. The largest absolute Gasteiger partial charge is 0.491 e. The van der Waals surface area contributed by atoms with Crippen LogP contribution >= 0.6 is 0 Å².